The Morgan fingerprint density at radius 3 is 3.00 bits per heavy atom. The lowest BCUT2D eigenvalue weighted by atomic mass is 10.2. The minimum absolute atomic E-state index is 0.375. The van der Waals surface area contributed by atoms with Crippen LogP contribution in [-0.2, 0) is 6.61 Å². The summed E-state index contributed by atoms with van der Waals surface area (Å²) < 4.78 is 11.2. The fraction of sp³-hybridized carbons (Fsp3) is 0.0714. The largest absolute Gasteiger partial charge is 0.484 e. The van der Waals surface area contributed by atoms with E-state index in [1.54, 1.807) is 12.4 Å². The number of benzene rings is 1. The first-order chi connectivity index (χ1) is 8.81. The van der Waals surface area contributed by atoms with E-state index in [9.17, 15) is 0 Å². The van der Waals surface area contributed by atoms with E-state index in [1.807, 2.05) is 36.4 Å². The van der Waals surface area contributed by atoms with Crippen molar-refractivity contribution in [3.8, 4) is 5.75 Å². The number of nitrogens with zero attached hydrogens (tertiary/aromatic N) is 1. The summed E-state index contributed by atoms with van der Waals surface area (Å²) >= 11 is 0. The number of fused-ring (bicyclic) bond motifs is 1. The van der Waals surface area contributed by atoms with Crippen LogP contribution in [0.25, 0.3) is 11.0 Å². The zero-order chi connectivity index (χ0) is 12.4. The van der Waals surface area contributed by atoms with Crippen LogP contribution in [0.15, 0.2) is 53.2 Å². The molecule has 0 fully saturated rings. The Hall–Kier alpha value is -2.49. The molecule has 0 saturated heterocycles. The molecule has 4 nitrogen and oxygen atoms in total. The second kappa shape index (κ2) is 4.41. The minimum Gasteiger partial charge on any atom is -0.484 e. The molecule has 2 heterocycles. The van der Waals surface area contributed by atoms with Gasteiger partial charge < -0.3 is 14.9 Å². The zero-order valence-electron chi connectivity index (χ0n) is 9.67. The summed E-state index contributed by atoms with van der Waals surface area (Å²) in [6, 6.07) is 11.2. The van der Waals surface area contributed by atoms with Crippen LogP contribution in [-0.4, -0.2) is 4.98 Å². The molecular weight excluding hydrogens is 228 g/mol. The van der Waals surface area contributed by atoms with Gasteiger partial charge in [-0.2, -0.15) is 0 Å². The van der Waals surface area contributed by atoms with Gasteiger partial charge in [0, 0.05) is 17.3 Å². The molecule has 0 aliphatic rings. The van der Waals surface area contributed by atoms with E-state index < -0.39 is 0 Å². The summed E-state index contributed by atoms with van der Waals surface area (Å²) in [5.41, 5.74) is 7.26. The summed E-state index contributed by atoms with van der Waals surface area (Å²) in [6.45, 7) is 0.375. The van der Waals surface area contributed by atoms with Gasteiger partial charge in [-0.3, -0.25) is 4.98 Å². The predicted octanol–water partition coefficient (Wildman–Crippen LogP) is 2.99. The fourth-order valence-electron chi connectivity index (χ4n) is 1.77. The molecular formula is C14H12N2O2. The lowest BCUT2D eigenvalue weighted by Gasteiger charge is -2.01. The van der Waals surface area contributed by atoms with Crippen LogP contribution in [0.4, 0.5) is 5.69 Å². The number of ether oxygens (including phenoxy) is 1. The molecule has 0 bridgehead atoms. The third-order valence-corrected chi connectivity index (χ3v) is 2.61. The Balaban J connectivity index is 1.79. The smallest absolute Gasteiger partial charge is 0.146 e. The highest BCUT2D eigenvalue weighted by Gasteiger charge is 2.04. The van der Waals surface area contributed by atoms with Crippen molar-refractivity contribution in [3.63, 3.8) is 0 Å². The molecule has 2 aromatic heterocycles. The molecule has 0 aliphatic heterocycles. The second-order valence-electron chi connectivity index (χ2n) is 3.99. The van der Waals surface area contributed by atoms with Crippen molar-refractivity contribution in [1.29, 1.82) is 0 Å². The first-order valence-electron chi connectivity index (χ1n) is 5.62. The lowest BCUT2D eigenvalue weighted by molar-refractivity contribution is 0.273. The monoisotopic (exact) mass is 240 g/mol. The van der Waals surface area contributed by atoms with Crippen molar-refractivity contribution < 1.29 is 9.15 Å². The Labute approximate surface area is 104 Å². The van der Waals surface area contributed by atoms with E-state index in [4.69, 9.17) is 14.9 Å². The predicted molar refractivity (Wildman–Crippen MR) is 69.2 cm³/mol. The summed E-state index contributed by atoms with van der Waals surface area (Å²) in [4.78, 5) is 3.98. The molecule has 0 saturated carbocycles. The maximum absolute atomic E-state index is 5.72. The zero-order valence-corrected chi connectivity index (χ0v) is 9.67. The van der Waals surface area contributed by atoms with Crippen LogP contribution in [0, 0.1) is 0 Å². The topological polar surface area (TPSA) is 61.3 Å². The fourth-order valence-corrected chi connectivity index (χ4v) is 1.77. The van der Waals surface area contributed by atoms with Gasteiger partial charge in [0.25, 0.3) is 0 Å². The number of rotatable bonds is 3. The molecule has 0 spiro atoms. The van der Waals surface area contributed by atoms with Gasteiger partial charge in [-0.15, -0.1) is 0 Å². The molecule has 3 rings (SSSR count). The molecule has 0 amide bonds. The number of nitrogens with two attached hydrogens (primary N) is 1. The average molecular weight is 240 g/mol. The maximum atomic E-state index is 5.72. The lowest BCUT2D eigenvalue weighted by Crippen LogP contribution is -1.93. The molecule has 0 atom stereocenters. The average Bonchev–Trinajstić information content (AvgIpc) is 2.79. The first-order valence-corrected chi connectivity index (χ1v) is 5.62. The molecule has 4 heteroatoms. The maximum Gasteiger partial charge on any atom is 0.146 e. The number of hydrogen-bond donors (Lipinski definition) is 1. The van der Waals surface area contributed by atoms with Crippen molar-refractivity contribution >= 4 is 16.7 Å². The van der Waals surface area contributed by atoms with E-state index in [-0.39, 0.29) is 0 Å². The highest BCUT2D eigenvalue weighted by molar-refractivity contribution is 5.81. The number of nitrogen functional groups attached to an aromatic ring is 1. The van der Waals surface area contributed by atoms with Crippen LogP contribution in [0.2, 0.25) is 0 Å². The molecule has 2 N–H and O–H groups in total. The molecule has 0 aliphatic carbocycles. The van der Waals surface area contributed by atoms with E-state index in [1.165, 1.54) is 0 Å². The summed E-state index contributed by atoms with van der Waals surface area (Å²) in [6.07, 6.45) is 3.37. The molecule has 3 aromatic rings. The van der Waals surface area contributed by atoms with Crippen molar-refractivity contribution in [2.75, 3.05) is 5.73 Å². The van der Waals surface area contributed by atoms with Gasteiger partial charge in [0.1, 0.15) is 23.7 Å². The van der Waals surface area contributed by atoms with E-state index in [0.29, 0.717) is 6.61 Å². The normalized spacial score (nSPS) is 10.7. The number of hydrogen-bond acceptors (Lipinski definition) is 4. The van der Waals surface area contributed by atoms with Crippen molar-refractivity contribution in [2.24, 2.45) is 0 Å². The van der Waals surface area contributed by atoms with Crippen LogP contribution >= 0.6 is 0 Å². The second-order valence-corrected chi connectivity index (χ2v) is 3.99. The summed E-state index contributed by atoms with van der Waals surface area (Å²) in [5, 5.41) is 0.986. The molecule has 0 radical (unpaired) electrons. The van der Waals surface area contributed by atoms with Gasteiger partial charge in [-0.1, -0.05) is 0 Å². The van der Waals surface area contributed by atoms with Gasteiger partial charge in [-0.25, -0.2) is 0 Å². The Morgan fingerprint density at radius 1 is 1.22 bits per heavy atom. The van der Waals surface area contributed by atoms with Gasteiger partial charge in [0.15, 0.2) is 0 Å². The number of aromatic nitrogens is 1. The number of anilines is 1. The van der Waals surface area contributed by atoms with Crippen LogP contribution < -0.4 is 10.5 Å². The molecule has 18 heavy (non-hydrogen) atoms. The molecule has 1 aromatic carbocycles. The third-order valence-electron chi connectivity index (χ3n) is 2.61. The first kappa shape index (κ1) is 10.7. The Morgan fingerprint density at radius 2 is 2.17 bits per heavy atom. The van der Waals surface area contributed by atoms with Gasteiger partial charge >= 0.3 is 0 Å². The molecule has 90 valence electrons. The number of furan rings is 1. The summed E-state index contributed by atoms with van der Waals surface area (Å²) in [5.74, 6) is 1.48. The Bertz CT molecular complexity index is 662. The quantitative estimate of drug-likeness (QED) is 0.715. The Kier molecular flexibility index (Phi) is 2.61. The SMILES string of the molecule is Nc1ccc2oc(COc3cccnc3)cc2c1. The molecule has 0 unspecified atom stereocenters. The van der Waals surface area contributed by atoms with Crippen molar-refractivity contribution in [1.82, 2.24) is 4.98 Å². The van der Waals surface area contributed by atoms with E-state index >= 15 is 0 Å². The van der Waals surface area contributed by atoms with Gasteiger partial charge in [0.2, 0.25) is 0 Å². The highest BCUT2D eigenvalue weighted by Crippen LogP contribution is 2.22. The van der Waals surface area contributed by atoms with Crippen LogP contribution in [0.5, 0.6) is 5.75 Å². The van der Waals surface area contributed by atoms with Crippen molar-refractivity contribution in [2.45, 2.75) is 6.61 Å². The summed E-state index contributed by atoms with van der Waals surface area (Å²) in [7, 11) is 0. The highest BCUT2D eigenvalue weighted by atomic mass is 16.5. The third kappa shape index (κ3) is 2.13. The van der Waals surface area contributed by atoms with Crippen molar-refractivity contribution in [3.05, 3.63) is 54.6 Å². The number of pyridine rings is 1. The van der Waals surface area contributed by atoms with Gasteiger partial charge in [0.05, 0.1) is 6.20 Å². The van der Waals surface area contributed by atoms with E-state index in [0.717, 1.165) is 28.2 Å². The van der Waals surface area contributed by atoms with Crippen LogP contribution in [0.1, 0.15) is 5.76 Å². The standard InChI is InChI=1S/C14H12N2O2/c15-11-3-4-14-10(6-11)7-13(18-14)9-17-12-2-1-5-16-8-12/h1-8H,9,15H2. The minimum atomic E-state index is 0.375. The van der Waals surface area contributed by atoms with Crippen LogP contribution in [0.3, 0.4) is 0 Å². The van der Waals surface area contributed by atoms with E-state index in [2.05, 4.69) is 4.98 Å². The van der Waals surface area contributed by atoms with Gasteiger partial charge in [-0.05, 0) is 36.4 Å².